The summed E-state index contributed by atoms with van der Waals surface area (Å²) in [6.45, 7) is 9.65. The van der Waals surface area contributed by atoms with E-state index in [0.29, 0.717) is 11.8 Å². The second-order valence-electron chi connectivity index (χ2n) is 6.48. The average Bonchev–Trinajstić information content (AvgIpc) is 2.28. The number of hydrogen-bond donors (Lipinski definition) is 2. The van der Waals surface area contributed by atoms with Crippen LogP contribution in [-0.2, 0) is 5.41 Å². The van der Waals surface area contributed by atoms with Crippen molar-refractivity contribution in [3.8, 4) is 5.75 Å². The summed E-state index contributed by atoms with van der Waals surface area (Å²) in [6.07, 6.45) is 3.78. The molecule has 1 unspecified atom stereocenters. The molecule has 100 valence electrons. The van der Waals surface area contributed by atoms with Crippen LogP contribution < -0.4 is 5.32 Å². The molecule has 1 atom stereocenters. The van der Waals surface area contributed by atoms with Crippen molar-refractivity contribution in [1.82, 2.24) is 5.32 Å². The Labute approximate surface area is 110 Å². The van der Waals surface area contributed by atoms with Crippen LogP contribution in [0.5, 0.6) is 5.75 Å². The molecule has 0 aliphatic carbocycles. The summed E-state index contributed by atoms with van der Waals surface area (Å²) < 4.78 is 0. The van der Waals surface area contributed by atoms with E-state index in [4.69, 9.17) is 0 Å². The number of hydrogen-bond acceptors (Lipinski definition) is 2. The Hall–Kier alpha value is -1.02. The largest absolute Gasteiger partial charge is 0.508 e. The lowest BCUT2D eigenvalue weighted by molar-refractivity contribution is 0.407. The smallest absolute Gasteiger partial charge is 0.119 e. The van der Waals surface area contributed by atoms with Gasteiger partial charge in [-0.05, 0) is 60.5 Å². The Bertz CT molecular complexity index is 425. The Balaban J connectivity index is 2.41. The number of phenolic OH excluding ortho intramolecular Hbond substituents is 1. The summed E-state index contributed by atoms with van der Waals surface area (Å²) in [4.78, 5) is 0. The molecule has 0 bridgehead atoms. The number of aromatic hydroxyl groups is 1. The first-order chi connectivity index (χ1) is 8.39. The van der Waals surface area contributed by atoms with Crippen LogP contribution in [0.1, 0.15) is 62.8 Å². The maximum Gasteiger partial charge on any atom is 0.119 e. The molecule has 0 saturated carbocycles. The number of aryl methyl sites for hydroxylation is 1. The van der Waals surface area contributed by atoms with E-state index in [-0.39, 0.29) is 5.41 Å². The van der Waals surface area contributed by atoms with Gasteiger partial charge in [-0.25, -0.2) is 0 Å². The SMILES string of the molecule is Cc1cc(O)c(C(C)(C)C)cc1C1CCCCN1. The van der Waals surface area contributed by atoms with Crippen molar-refractivity contribution in [3.05, 3.63) is 28.8 Å². The van der Waals surface area contributed by atoms with E-state index in [1.165, 1.54) is 30.4 Å². The molecule has 2 nitrogen and oxygen atoms in total. The fourth-order valence-corrected chi connectivity index (χ4v) is 2.80. The summed E-state index contributed by atoms with van der Waals surface area (Å²) in [5.74, 6) is 0.430. The molecule has 1 aromatic rings. The van der Waals surface area contributed by atoms with Crippen molar-refractivity contribution in [2.45, 2.75) is 58.4 Å². The first kappa shape index (κ1) is 13.4. The molecule has 1 aromatic carbocycles. The minimum absolute atomic E-state index is 0.0127. The summed E-state index contributed by atoms with van der Waals surface area (Å²) in [5.41, 5.74) is 3.59. The van der Waals surface area contributed by atoms with Gasteiger partial charge in [0.05, 0.1) is 0 Å². The third-order valence-corrected chi connectivity index (χ3v) is 3.88. The fraction of sp³-hybridized carbons (Fsp3) is 0.625. The second-order valence-corrected chi connectivity index (χ2v) is 6.48. The average molecular weight is 247 g/mol. The van der Waals surface area contributed by atoms with Gasteiger partial charge in [0, 0.05) is 6.04 Å². The van der Waals surface area contributed by atoms with Crippen molar-refractivity contribution in [1.29, 1.82) is 0 Å². The van der Waals surface area contributed by atoms with Crippen LogP contribution in [0.4, 0.5) is 0 Å². The van der Waals surface area contributed by atoms with Crippen molar-refractivity contribution in [3.63, 3.8) is 0 Å². The summed E-state index contributed by atoms with van der Waals surface area (Å²) in [6, 6.07) is 4.58. The maximum absolute atomic E-state index is 10.1. The Morgan fingerprint density at radius 1 is 1.22 bits per heavy atom. The highest BCUT2D eigenvalue weighted by atomic mass is 16.3. The highest BCUT2D eigenvalue weighted by Crippen LogP contribution is 2.36. The summed E-state index contributed by atoms with van der Waals surface area (Å²) in [7, 11) is 0. The topological polar surface area (TPSA) is 32.3 Å². The molecule has 18 heavy (non-hydrogen) atoms. The van der Waals surface area contributed by atoms with Gasteiger partial charge in [0.15, 0.2) is 0 Å². The normalized spacial score (nSPS) is 21.0. The zero-order valence-corrected chi connectivity index (χ0v) is 12.0. The number of rotatable bonds is 1. The van der Waals surface area contributed by atoms with Crippen LogP contribution in [0, 0.1) is 6.92 Å². The first-order valence-corrected chi connectivity index (χ1v) is 6.97. The third-order valence-electron chi connectivity index (χ3n) is 3.88. The van der Waals surface area contributed by atoms with Gasteiger partial charge in [-0.2, -0.15) is 0 Å². The first-order valence-electron chi connectivity index (χ1n) is 6.97. The maximum atomic E-state index is 10.1. The van der Waals surface area contributed by atoms with Crippen LogP contribution in [0.25, 0.3) is 0 Å². The predicted octanol–water partition coefficient (Wildman–Crippen LogP) is 3.81. The van der Waals surface area contributed by atoms with Gasteiger partial charge in [-0.3, -0.25) is 0 Å². The zero-order chi connectivity index (χ0) is 13.3. The van der Waals surface area contributed by atoms with Crippen LogP contribution >= 0.6 is 0 Å². The summed E-state index contributed by atoms with van der Waals surface area (Å²) in [5, 5.41) is 13.7. The minimum Gasteiger partial charge on any atom is -0.508 e. The van der Waals surface area contributed by atoms with Crippen molar-refractivity contribution in [2.24, 2.45) is 0 Å². The fourth-order valence-electron chi connectivity index (χ4n) is 2.80. The highest BCUT2D eigenvalue weighted by molar-refractivity contribution is 5.46. The monoisotopic (exact) mass is 247 g/mol. The van der Waals surface area contributed by atoms with E-state index >= 15 is 0 Å². The molecule has 1 aliphatic heterocycles. The van der Waals surface area contributed by atoms with Crippen molar-refractivity contribution in [2.75, 3.05) is 6.54 Å². The van der Waals surface area contributed by atoms with E-state index in [2.05, 4.69) is 39.1 Å². The van der Waals surface area contributed by atoms with Gasteiger partial charge >= 0.3 is 0 Å². The van der Waals surface area contributed by atoms with Gasteiger partial charge in [0.25, 0.3) is 0 Å². The van der Waals surface area contributed by atoms with Gasteiger partial charge < -0.3 is 10.4 Å². The van der Waals surface area contributed by atoms with Gasteiger partial charge in [-0.1, -0.05) is 27.2 Å². The van der Waals surface area contributed by atoms with E-state index in [0.717, 1.165) is 12.1 Å². The van der Waals surface area contributed by atoms with Gasteiger partial charge in [0.2, 0.25) is 0 Å². The molecule has 1 saturated heterocycles. The molecule has 0 radical (unpaired) electrons. The van der Waals surface area contributed by atoms with Crippen LogP contribution in [0.15, 0.2) is 12.1 Å². The third kappa shape index (κ3) is 2.69. The van der Waals surface area contributed by atoms with E-state index in [9.17, 15) is 5.11 Å². The molecule has 0 spiro atoms. The van der Waals surface area contributed by atoms with Crippen LogP contribution in [-0.4, -0.2) is 11.7 Å². The zero-order valence-electron chi connectivity index (χ0n) is 12.0. The molecule has 1 heterocycles. The number of phenols is 1. The number of piperidine rings is 1. The lowest BCUT2D eigenvalue weighted by atomic mass is 9.82. The number of nitrogens with one attached hydrogen (secondary N) is 1. The van der Waals surface area contributed by atoms with Crippen LogP contribution in [0.2, 0.25) is 0 Å². The predicted molar refractivity (Wildman–Crippen MR) is 76.1 cm³/mol. The molecule has 1 fully saturated rings. The summed E-state index contributed by atoms with van der Waals surface area (Å²) >= 11 is 0. The molecule has 0 amide bonds. The minimum atomic E-state index is -0.0127. The standard InChI is InChI=1S/C16H25NO/c1-11-9-15(18)13(16(2,3)4)10-12(11)14-7-5-6-8-17-14/h9-10,14,17-18H,5-8H2,1-4H3. The van der Waals surface area contributed by atoms with Crippen molar-refractivity contribution < 1.29 is 5.11 Å². The van der Waals surface area contributed by atoms with Gasteiger partial charge in [-0.15, -0.1) is 0 Å². The quantitative estimate of drug-likeness (QED) is 0.791. The second kappa shape index (κ2) is 4.93. The number of benzene rings is 1. The molecule has 0 aromatic heterocycles. The molecule has 1 aliphatic rings. The van der Waals surface area contributed by atoms with E-state index < -0.39 is 0 Å². The van der Waals surface area contributed by atoms with E-state index in [1.54, 1.807) is 0 Å². The molecular weight excluding hydrogens is 222 g/mol. The van der Waals surface area contributed by atoms with Gasteiger partial charge in [0.1, 0.15) is 5.75 Å². The van der Waals surface area contributed by atoms with E-state index in [1.807, 2.05) is 6.07 Å². The lowest BCUT2D eigenvalue weighted by Crippen LogP contribution is -2.27. The molecule has 2 rings (SSSR count). The Kier molecular flexibility index (Phi) is 3.67. The molecule has 2 N–H and O–H groups in total. The molecule has 2 heteroatoms. The lowest BCUT2D eigenvalue weighted by Gasteiger charge is -2.28. The molecular formula is C16H25NO. The highest BCUT2D eigenvalue weighted by Gasteiger charge is 2.23. The Morgan fingerprint density at radius 2 is 1.94 bits per heavy atom. The Morgan fingerprint density at radius 3 is 2.50 bits per heavy atom. The van der Waals surface area contributed by atoms with Crippen LogP contribution in [0.3, 0.4) is 0 Å². The van der Waals surface area contributed by atoms with Crippen molar-refractivity contribution >= 4 is 0 Å².